The van der Waals surface area contributed by atoms with E-state index in [4.69, 9.17) is 11.6 Å². The van der Waals surface area contributed by atoms with Gasteiger partial charge in [0.2, 0.25) is 11.8 Å². The number of aromatic amines is 1. The van der Waals surface area contributed by atoms with E-state index in [0.29, 0.717) is 23.9 Å². The normalized spacial score (nSPS) is 18.3. The zero-order valence-corrected chi connectivity index (χ0v) is 16.5. The molecule has 0 bridgehead atoms. The third-order valence-electron chi connectivity index (χ3n) is 5.71. The predicted octanol–water partition coefficient (Wildman–Crippen LogP) is 1.69. The molecule has 0 radical (unpaired) electrons. The highest BCUT2D eigenvalue weighted by molar-refractivity contribution is 6.31. The van der Waals surface area contributed by atoms with Crippen LogP contribution in [-0.2, 0) is 16.0 Å². The molecule has 148 valence electrons. The number of fused-ring (bicyclic) bond motifs is 1. The summed E-state index contributed by atoms with van der Waals surface area (Å²) in [5, 5.41) is 0.650. The van der Waals surface area contributed by atoms with Crippen molar-refractivity contribution >= 4 is 34.4 Å². The summed E-state index contributed by atoms with van der Waals surface area (Å²) >= 11 is 6.17. The van der Waals surface area contributed by atoms with E-state index >= 15 is 0 Å². The van der Waals surface area contributed by atoms with Gasteiger partial charge in [0, 0.05) is 56.8 Å². The van der Waals surface area contributed by atoms with Crippen molar-refractivity contribution in [2.24, 2.45) is 0 Å². The fraction of sp³-hybridized carbons (Fsp3) is 0.450. The Morgan fingerprint density at radius 2 is 1.96 bits per heavy atom. The van der Waals surface area contributed by atoms with Crippen molar-refractivity contribution in [3.8, 4) is 0 Å². The fourth-order valence-corrected chi connectivity index (χ4v) is 4.25. The summed E-state index contributed by atoms with van der Waals surface area (Å²) in [6.07, 6.45) is 4.09. The van der Waals surface area contributed by atoms with Crippen LogP contribution in [0.25, 0.3) is 11.0 Å². The van der Waals surface area contributed by atoms with E-state index in [-0.39, 0.29) is 11.8 Å². The van der Waals surface area contributed by atoms with Gasteiger partial charge in [-0.15, -0.1) is 0 Å². The first-order valence-corrected chi connectivity index (χ1v) is 9.97. The second kappa shape index (κ2) is 7.93. The van der Waals surface area contributed by atoms with Crippen molar-refractivity contribution in [2.75, 3.05) is 39.3 Å². The Balaban J connectivity index is 1.26. The highest BCUT2D eigenvalue weighted by Crippen LogP contribution is 2.23. The van der Waals surface area contributed by atoms with Crippen molar-refractivity contribution in [3.63, 3.8) is 0 Å². The van der Waals surface area contributed by atoms with E-state index in [0.717, 1.165) is 55.9 Å². The number of H-pyrrole nitrogens is 1. The number of hydrogen-bond acceptors (Lipinski definition) is 4. The number of carbonyl (C=O) groups is 2. The van der Waals surface area contributed by atoms with Crippen molar-refractivity contribution in [1.29, 1.82) is 0 Å². The number of rotatable bonds is 5. The van der Waals surface area contributed by atoms with Gasteiger partial charge in [-0.1, -0.05) is 18.2 Å². The molecule has 1 N–H and O–H groups in total. The van der Waals surface area contributed by atoms with Crippen LogP contribution in [0.3, 0.4) is 0 Å². The van der Waals surface area contributed by atoms with Crippen LogP contribution in [0.1, 0.15) is 12.0 Å². The highest BCUT2D eigenvalue weighted by atomic mass is 35.5. The van der Waals surface area contributed by atoms with Crippen LogP contribution in [-0.4, -0.2) is 81.8 Å². The number of piperazine rings is 1. The number of likely N-dealkylation sites (tertiary alicyclic amines) is 1. The van der Waals surface area contributed by atoms with Gasteiger partial charge in [0.15, 0.2) is 0 Å². The summed E-state index contributed by atoms with van der Waals surface area (Å²) in [6, 6.07) is 4.14. The first-order chi connectivity index (χ1) is 13.5. The third-order valence-corrected chi connectivity index (χ3v) is 5.93. The van der Waals surface area contributed by atoms with E-state index < -0.39 is 0 Å². The molecular formula is C20H24ClN5O2. The summed E-state index contributed by atoms with van der Waals surface area (Å²) in [6.45, 7) is 8.22. The molecule has 8 heteroatoms. The first-order valence-electron chi connectivity index (χ1n) is 9.60. The van der Waals surface area contributed by atoms with Crippen molar-refractivity contribution in [3.05, 3.63) is 41.7 Å². The van der Waals surface area contributed by atoms with Crippen molar-refractivity contribution in [2.45, 2.75) is 18.9 Å². The Morgan fingerprint density at radius 3 is 2.68 bits per heavy atom. The van der Waals surface area contributed by atoms with E-state index in [9.17, 15) is 9.59 Å². The molecule has 2 aliphatic rings. The van der Waals surface area contributed by atoms with Gasteiger partial charge >= 0.3 is 0 Å². The van der Waals surface area contributed by atoms with Gasteiger partial charge in [-0.2, -0.15) is 0 Å². The lowest BCUT2D eigenvalue weighted by Gasteiger charge is -2.47. The Kier molecular flexibility index (Phi) is 5.37. The van der Waals surface area contributed by atoms with Crippen molar-refractivity contribution in [1.82, 2.24) is 24.7 Å². The standard InChI is InChI=1S/C20H24ClN5O2/c1-2-18(27)26-11-16(12-26)24-5-7-25(8-6-24)19(28)4-3-14-9-15(21)10-17-20(14)23-13-22-17/h2,9-10,13,16H,1,3-8,11-12H2,(H,22,23). The van der Waals surface area contributed by atoms with Gasteiger partial charge in [0.1, 0.15) is 0 Å². The van der Waals surface area contributed by atoms with Crippen LogP contribution in [0.2, 0.25) is 5.02 Å². The minimum Gasteiger partial charge on any atom is -0.345 e. The first kappa shape index (κ1) is 19.0. The number of aromatic nitrogens is 2. The summed E-state index contributed by atoms with van der Waals surface area (Å²) < 4.78 is 0. The van der Waals surface area contributed by atoms with Crippen LogP contribution in [0.15, 0.2) is 31.1 Å². The Labute approximate surface area is 168 Å². The lowest BCUT2D eigenvalue weighted by molar-refractivity contribution is -0.136. The van der Waals surface area contributed by atoms with Crippen LogP contribution in [0.4, 0.5) is 0 Å². The number of carbonyl (C=O) groups excluding carboxylic acids is 2. The lowest BCUT2D eigenvalue weighted by atomic mass is 10.0. The van der Waals surface area contributed by atoms with Gasteiger partial charge in [-0.25, -0.2) is 4.98 Å². The topological polar surface area (TPSA) is 72.5 Å². The molecule has 0 unspecified atom stereocenters. The largest absolute Gasteiger partial charge is 0.345 e. The van der Waals surface area contributed by atoms with Crippen LogP contribution in [0.5, 0.6) is 0 Å². The van der Waals surface area contributed by atoms with E-state index in [1.54, 1.807) is 11.2 Å². The van der Waals surface area contributed by atoms with E-state index in [1.165, 1.54) is 6.08 Å². The number of amides is 2. The maximum absolute atomic E-state index is 12.7. The highest BCUT2D eigenvalue weighted by Gasteiger charge is 2.35. The average molecular weight is 402 g/mol. The number of halogens is 1. The summed E-state index contributed by atoms with van der Waals surface area (Å²) in [7, 11) is 0. The lowest BCUT2D eigenvalue weighted by Crippen LogP contribution is -2.64. The summed E-state index contributed by atoms with van der Waals surface area (Å²) in [5.41, 5.74) is 2.77. The molecule has 0 atom stereocenters. The van der Waals surface area contributed by atoms with Crippen molar-refractivity contribution < 1.29 is 9.59 Å². The molecule has 0 saturated carbocycles. The van der Waals surface area contributed by atoms with Crippen LogP contribution >= 0.6 is 11.6 Å². The molecule has 2 amide bonds. The molecule has 4 rings (SSSR count). The Hall–Kier alpha value is -2.38. The van der Waals surface area contributed by atoms with Gasteiger partial charge in [0.25, 0.3) is 0 Å². The molecule has 0 aliphatic carbocycles. The quantitative estimate of drug-likeness (QED) is 0.774. The minimum atomic E-state index is -0.00269. The summed E-state index contributed by atoms with van der Waals surface area (Å²) in [5.74, 6) is 0.164. The van der Waals surface area contributed by atoms with Crippen LogP contribution in [0, 0.1) is 0 Å². The minimum absolute atomic E-state index is 0.00269. The third kappa shape index (κ3) is 3.77. The number of aryl methyl sites for hydroxylation is 1. The average Bonchev–Trinajstić information content (AvgIpc) is 3.13. The fourth-order valence-electron chi connectivity index (χ4n) is 4.01. The predicted molar refractivity (Wildman–Crippen MR) is 108 cm³/mol. The number of benzene rings is 1. The Morgan fingerprint density at radius 1 is 1.21 bits per heavy atom. The molecule has 1 aromatic heterocycles. The SMILES string of the molecule is C=CC(=O)N1CC(N2CCN(C(=O)CCc3cc(Cl)cc4[nH]cnc34)CC2)C1. The molecule has 2 aromatic rings. The molecule has 2 saturated heterocycles. The van der Waals surface area contributed by atoms with E-state index in [2.05, 4.69) is 21.4 Å². The zero-order chi connectivity index (χ0) is 19.7. The molecule has 0 spiro atoms. The van der Waals surface area contributed by atoms with E-state index in [1.807, 2.05) is 17.0 Å². The molecular weight excluding hydrogens is 378 g/mol. The molecule has 28 heavy (non-hydrogen) atoms. The monoisotopic (exact) mass is 401 g/mol. The second-order valence-electron chi connectivity index (χ2n) is 7.38. The van der Waals surface area contributed by atoms with Gasteiger partial charge in [-0.3, -0.25) is 14.5 Å². The van der Waals surface area contributed by atoms with Gasteiger partial charge < -0.3 is 14.8 Å². The number of nitrogens with zero attached hydrogens (tertiary/aromatic N) is 4. The summed E-state index contributed by atoms with van der Waals surface area (Å²) in [4.78, 5) is 37.7. The Bertz CT molecular complexity index is 897. The maximum Gasteiger partial charge on any atom is 0.246 e. The molecule has 3 heterocycles. The maximum atomic E-state index is 12.7. The zero-order valence-electron chi connectivity index (χ0n) is 15.7. The molecule has 7 nitrogen and oxygen atoms in total. The number of nitrogens with one attached hydrogen (secondary N) is 1. The second-order valence-corrected chi connectivity index (χ2v) is 7.82. The molecule has 1 aromatic carbocycles. The van der Waals surface area contributed by atoms with Gasteiger partial charge in [0.05, 0.1) is 17.4 Å². The smallest absolute Gasteiger partial charge is 0.246 e. The molecule has 2 aliphatic heterocycles. The number of hydrogen-bond donors (Lipinski definition) is 1. The number of imidazole rings is 1. The van der Waals surface area contributed by atoms with Crippen LogP contribution < -0.4 is 0 Å². The van der Waals surface area contributed by atoms with Gasteiger partial charge in [-0.05, 0) is 30.2 Å². The molecule has 2 fully saturated rings.